The van der Waals surface area contributed by atoms with Crippen molar-refractivity contribution >= 4 is 51.5 Å². The Morgan fingerprint density at radius 2 is 2.07 bits per heavy atom. The molecular formula is C19H19BFN3O4S. The Hall–Kier alpha value is -2.88. The van der Waals surface area contributed by atoms with Crippen molar-refractivity contribution in [3.05, 3.63) is 47.5 Å². The largest absolute Gasteiger partial charge is 0.465 e. The highest BCUT2D eigenvalue weighted by Gasteiger charge is 2.23. The second kappa shape index (κ2) is 7.86. The number of nitrogens with one attached hydrogen (secondary N) is 1. The number of imidazole rings is 1. The fourth-order valence-electron chi connectivity index (χ4n) is 2.95. The lowest BCUT2D eigenvalue weighted by Gasteiger charge is -2.15. The number of nitrogens with zero attached hydrogens (tertiary/aromatic N) is 2. The zero-order chi connectivity index (χ0) is 21.3. The van der Waals surface area contributed by atoms with E-state index in [4.69, 9.17) is 12.6 Å². The van der Waals surface area contributed by atoms with Crippen LogP contribution in [0.5, 0.6) is 0 Å². The minimum Gasteiger partial charge on any atom is -0.465 e. The van der Waals surface area contributed by atoms with E-state index in [0.29, 0.717) is 16.7 Å². The number of anilines is 2. The van der Waals surface area contributed by atoms with Gasteiger partial charge in [0.15, 0.2) is 5.82 Å². The average molecular weight is 415 g/mol. The number of carbonyl (C=O) groups is 1. The molecular weight excluding hydrogens is 396 g/mol. The topological polar surface area (TPSA) is 90.3 Å². The first-order valence-corrected chi connectivity index (χ1v) is 10.7. The molecule has 0 bridgehead atoms. The van der Waals surface area contributed by atoms with Gasteiger partial charge in [-0.1, -0.05) is 17.6 Å². The van der Waals surface area contributed by atoms with Crippen LogP contribution >= 0.6 is 0 Å². The maximum absolute atomic E-state index is 15.3. The molecule has 0 saturated heterocycles. The molecule has 0 aliphatic heterocycles. The third kappa shape index (κ3) is 4.42. The van der Waals surface area contributed by atoms with Crippen molar-refractivity contribution in [2.45, 2.75) is 13.5 Å². The van der Waals surface area contributed by atoms with Crippen molar-refractivity contribution in [1.82, 2.24) is 9.55 Å². The maximum Gasteiger partial charge on any atom is 0.340 e. The van der Waals surface area contributed by atoms with Gasteiger partial charge in [0, 0.05) is 18.5 Å². The van der Waals surface area contributed by atoms with E-state index in [1.165, 1.54) is 24.1 Å². The molecule has 0 unspecified atom stereocenters. The molecule has 0 amide bonds. The molecule has 150 valence electrons. The SMILES string of the molecule is [B]c1ccc(Nc2c(C(=O)OC)cc3c(ncn3CCS(C)(=O)=O)c2F)c(C)c1. The van der Waals surface area contributed by atoms with Crippen molar-refractivity contribution in [2.75, 3.05) is 24.4 Å². The Bertz CT molecular complexity index is 1210. The predicted molar refractivity (Wildman–Crippen MR) is 111 cm³/mol. The van der Waals surface area contributed by atoms with Gasteiger partial charge < -0.3 is 14.6 Å². The van der Waals surface area contributed by atoms with Gasteiger partial charge in [-0.15, -0.1) is 0 Å². The third-order valence-corrected chi connectivity index (χ3v) is 5.40. The molecule has 1 heterocycles. The van der Waals surface area contributed by atoms with Gasteiger partial charge in [-0.3, -0.25) is 0 Å². The summed E-state index contributed by atoms with van der Waals surface area (Å²) in [6, 6.07) is 6.49. The highest BCUT2D eigenvalue weighted by molar-refractivity contribution is 7.90. The number of carbonyl (C=O) groups excluding carboxylic acids is 1. The molecule has 0 aliphatic carbocycles. The summed E-state index contributed by atoms with van der Waals surface area (Å²) in [6.07, 6.45) is 2.46. The van der Waals surface area contributed by atoms with Crippen molar-refractivity contribution in [3.63, 3.8) is 0 Å². The molecule has 3 aromatic rings. The molecule has 1 N–H and O–H groups in total. The van der Waals surface area contributed by atoms with Gasteiger partial charge in [0.2, 0.25) is 0 Å². The van der Waals surface area contributed by atoms with Crippen molar-refractivity contribution in [1.29, 1.82) is 0 Å². The Labute approximate surface area is 169 Å². The fourth-order valence-corrected chi connectivity index (χ4v) is 3.48. The van der Waals surface area contributed by atoms with Crippen LogP contribution in [0.4, 0.5) is 15.8 Å². The summed E-state index contributed by atoms with van der Waals surface area (Å²) < 4.78 is 44.5. The number of methoxy groups -OCH3 is 1. The minimum atomic E-state index is -3.22. The van der Waals surface area contributed by atoms with E-state index in [-0.39, 0.29) is 29.1 Å². The van der Waals surface area contributed by atoms with E-state index >= 15 is 4.39 Å². The number of hydrogen-bond acceptors (Lipinski definition) is 6. The van der Waals surface area contributed by atoms with E-state index in [1.807, 2.05) is 0 Å². The summed E-state index contributed by atoms with van der Waals surface area (Å²) in [5.41, 5.74) is 2.09. The number of halogens is 1. The smallest absolute Gasteiger partial charge is 0.340 e. The van der Waals surface area contributed by atoms with Crippen LogP contribution in [0.15, 0.2) is 30.6 Å². The van der Waals surface area contributed by atoms with E-state index in [0.717, 1.165) is 11.8 Å². The molecule has 2 radical (unpaired) electrons. The predicted octanol–water partition coefficient (Wildman–Crippen LogP) is 1.85. The first-order valence-electron chi connectivity index (χ1n) is 8.67. The van der Waals surface area contributed by atoms with Gasteiger partial charge >= 0.3 is 5.97 Å². The molecule has 0 atom stereocenters. The first-order chi connectivity index (χ1) is 13.6. The molecule has 3 rings (SSSR count). The lowest BCUT2D eigenvalue weighted by atomic mass is 9.94. The average Bonchev–Trinajstić information content (AvgIpc) is 3.06. The highest BCUT2D eigenvalue weighted by Crippen LogP contribution is 2.32. The van der Waals surface area contributed by atoms with Crippen LogP contribution in [0.3, 0.4) is 0 Å². The molecule has 0 aliphatic rings. The van der Waals surface area contributed by atoms with Gasteiger partial charge in [0.05, 0.1) is 36.0 Å². The summed E-state index contributed by atoms with van der Waals surface area (Å²) in [4.78, 5) is 16.4. The summed E-state index contributed by atoms with van der Waals surface area (Å²) in [7, 11) is 3.73. The lowest BCUT2D eigenvalue weighted by molar-refractivity contribution is 0.0601. The monoisotopic (exact) mass is 415 g/mol. The zero-order valence-corrected chi connectivity index (χ0v) is 17.0. The fraction of sp³-hybridized carbons (Fsp3) is 0.263. The van der Waals surface area contributed by atoms with Crippen LogP contribution < -0.4 is 10.8 Å². The van der Waals surface area contributed by atoms with E-state index in [1.54, 1.807) is 25.1 Å². The quantitative estimate of drug-likeness (QED) is 0.488. The van der Waals surface area contributed by atoms with Gasteiger partial charge in [0.1, 0.15) is 23.2 Å². The molecule has 2 aromatic carbocycles. The number of aryl methyl sites for hydroxylation is 2. The zero-order valence-electron chi connectivity index (χ0n) is 16.2. The Morgan fingerprint density at radius 1 is 1.34 bits per heavy atom. The second-order valence-electron chi connectivity index (χ2n) is 6.74. The van der Waals surface area contributed by atoms with Crippen LogP contribution in [0.25, 0.3) is 11.0 Å². The van der Waals surface area contributed by atoms with E-state index in [2.05, 4.69) is 10.3 Å². The molecule has 7 nitrogen and oxygen atoms in total. The van der Waals surface area contributed by atoms with Crippen molar-refractivity contribution in [3.8, 4) is 0 Å². The summed E-state index contributed by atoms with van der Waals surface area (Å²) in [6.45, 7) is 1.88. The van der Waals surface area contributed by atoms with Crippen LogP contribution in [0, 0.1) is 12.7 Å². The molecule has 1 aromatic heterocycles. The molecule has 29 heavy (non-hydrogen) atoms. The molecule has 10 heteroatoms. The lowest BCUT2D eigenvalue weighted by Crippen LogP contribution is -2.12. The molecule has 0 saturated carbocycles. The van der Waals surface area contributed by atoms with Crippen molar-refractivity contribution in [2.24, 2.45) is 0 Å². The Kier molecular flexibility index (Phi) is 5.65. The maximum atomic E-state index is 15.3. The van der Waals surface area contributed by atoms with Crippen LogP contribution in [-0.4, -0.2) is 50.9 Å². The Balaban J connectivity index is 2.14. The van der Waals surface area contributed by atoms with E-state index in [9.17, 15) is 13.2 Å². The van der Waals surface area contributed by atoms with Gasteiger partial charge in [-0.2, -0.15) is 0 Å². The minimum absolute atomic E-state index is 0.0155. The van der Waals surface area contributed by atoms with Gasteiger partial charge in [0.25, 0.3) is 0 Å². The third-order valence-electron chi connectivity index (χ3n) is 4.47. The Morgan fingerprint density at radius 3 is 2.69 bits per heavy atom. The van der Waals surface area contributed by atoms with Crippen LogP contribution in [0.1, 0.15) is 15.9 Å². The van der Waals surface area contributed by atoms with Crippen molar-refractivity contribution < 1.29 is 22.3 Å². The number of esters is 1. The normalized spacial score (nSPS) is 11.6. The molecule has 0 spiro atoms. The first kappa shape index (κ1) is 20.8. The number of rotatable bonds is 6. The number of benzene rings is 2. The van der Waals surface area contributed by atoms with Crippen LogP contribution in [-0.2, 0) is 21.1 Å². The number of hydrogen-bond donors (Lipinski definition) is 1. The standard InChI is InChI=1S/C19H19BFN3O4S/c1-11-8-12(20)4-5-14(11)23-17-13(19(25)28-2)9-15-18(16(17)21)22-10-24(15)6-7-29(3,26)27/h4-5,8-10,23H,6-7H2,1-3H3. The molecule has 0 fully saturated rings. The summed E-state index contributed by atoms with van der Waals surface area (Å²) in [5, 5.41) is 2.93. The number of fused-ring (bicyclic) bond motifs is 1. The second-order valence-corrected chi connectivity index (χ2v) is 9.00. The highest BCUT2D eigenvalue weighted by atomic mass is 32.2. The van der Waals surface area contributed by atoms with Crippen LogP contribution in [0.2, 0.25) is 0 Å². The summed E-state index contributed by atoms with van der Waals surface area (Å²) in [5.74, 6) is -1.62. The van der Waals surface area contributed by atoms with Gasteiger partial charge in [-0.05, 0) is 24.6 Å². The number of ether oxygens (including phenoxy) is 1. The number of aromatic nitrogens is 2. The van der Waals surface area contributed by atoms with E-state index < -0.39 is 21.6 Å². The number of sulfone groups is 1. The van der Waals surface area contributed by atoms with Gasteiger partial charge in [-0.25, -0.2) is 22.6 Å². The summed E-state index contributed by atoms with van der Waals surface area (Å²) >= 11 is 0.